The third kappa shape index (κ3) is 3.14. The largest absolute Gasteiger partial charge is 0.338 e. The molecule has 1 aliphatic heterocycles. The van der Waals surface area contributed by atoms with E-state index in [1.165, 1.54) is 0 Å². The second kappa shape index (κ2) is 6.48. The Balaban J connectivity index is 1.69. The molecule has 22 heavy (non-hydrogen) atoms. The number of carbonyl (C=O) groups is 1. The van der Waals surface area contributed by atoms with Gasteiger partial charge in [0, 0.05) is 17.8 Å². The van der Waals surface area contributed by atoms with Crippen LogP contribution in [0.5, 0.6) is 0 Å². The van der Waals surface area contributed by atoms with Crippen molar-refractivity contribution in [2.45, 2.75) is 38.8 Å². The summed E-state index contributed by atoms with van der Waals surface area (Å²) in [4.78, 5) is 14.6. The van der Waals surface area contributed by atoms with Crippen molar-refractivity contribution in [3.63, 3.8) is 0 Å². The number of aryl methyl sites for hydroxylation is 1. The van der Waals surface area contributed by atoms with Gasteiger partial charge in [-0.15, -0.1) is 5.10 Å². The summed E-state index contributed by atoms with van der Waals surface area (Å²) >= 11 is 6.30. The van der Waals surface area contributed by atoms with E-state index in [1.807, 2.05) is 36.2 Å². The van der Waals surface area contributed by atoms with E-state index in [0.29, 0.717) is 18.0 Å². The minimum absolute atomic E-state index is 0.134. The molecular weight excluding hydrogens is 300 g/mol. The van der Waals surface area contributed by atoms with Crippen molar-refractivity contribution in [1.29, 1.82) is 0 Å². The molecule has 0 saturated carbocycles. The van der Waals surface area contributed by atoms with Gasteiger partial charge in [0.15, 0.2) is 0 Å². The summed E-state index contributed by atoms with van der Waals surface area (Å²) < 4.78 is 1.79. The highest BCUT2D eigenvalue weighted by Gasteiger charge is 2.29. The van der Waals surface area contributed by atoms with Crippen LogP contribution in [0.15, 0.2) is 30.6 Å². The number of rotatable bonds is 4. The van der Waals surface area contributed by atoms with Gasteiger partial charge in [-0.3, -0.25) is 9.48 Å². The smallest absolute Gasteiger partial charge is 0.227 e. The predicted octanol–water partition coefficient (Wildman–Crippen LogP) is 2.47. The zero-order valence-corrected chi connectivity index (χ0v) is 13.3. The molecule has 0 N–H and O–H groups in total. The van der Waals surface area contributed by atoms with Crippen molar-refractivity contribution in [3.05, 3.63) is 46.7 Å². The first-order valence-corrected chi connectivity index (χ1v) is 7.90. The molecule has 116 valence electrons. The van der Waals surface area contributed by atoms with Crippen LogP contribution in [0.1, 0.15) is 24.0 Å². The van der Waals surface area contributed by atoms with E-state index in [0.717, 1.165) is 30.5 Å². The fraction of sp³-hybridized carbons (Fsp3) is 0.438. The molecule has 2 heterocycles. The van der Waals surface area contributed by atoms with Gasteiger partial charge in [-0.1, -0.05) is 35.0 Å². The SMILES string of the molecule is Cc1cccc(CC(=O)N2CCC[C@H]2Cn2ccnn2)c1Cl. The Hall–Kier alpha value is -1.88. The van der Waals surface area contributed by atoms with Gasteiger partial charge in [-0.2, -0.15) is 0 Å². The lowest BCUT2D eigenvalue weighted by Crippen LogP contribution is -2.39. The molecule has 5 nitrogen and oxygen atoms in total. The fourth-order valence-electron chi connectivity index (χ4n) is 3.01. The Bertz CT molecular complexity index is 656. The van der Waals surface area contributed by atoms with E-state index in [2.05, 4.69) is 10.3 Å². The lowest BCUT2D eigenvalue weighted by atomic mass is 10.1. The molecule has 2 aromatic rings. The van der Waals surface area contributed by atoms with E-state index >= 15 is 0 Å². The van der Waals surface area contributed by atoms with Crippen molar-refractivity contribution in [2.24, 2.45) is 0 Å². The first kappa shape index (κ1) is 15.0. The summed E-state index contributed by atoms with van der Waals surface area (Å²) in [7, 11) is 0. The van der Waals surface area contributed by atoms with Crippen molar-refractivity contribution in [2.75, 3.05) is 6.54 Å². The van der Waals surface area contributed by atoms with E-state index in [4.69, 9.17) is 11.6 Å². The van der Waals surface area contributed by atoms with Crippen LogP contribution in [-0.4, -0.2) is 38.4 Å². The standard InChI is InChI=1S/C16H19ClN4O/c1-12-4-2-5-13(16(12)17)10-15(22)21-8-3-6-14(21)11-20-9-7-18-19-20/h2,4-5,7,9,14H,3,6,8,10-11H2,1H3/t14-/m0/s1. The number of nitrogens with zero attached hydrogens (tertiary/aromatic N) is 4. The number of likely N-dealkylation sites (tertiary alicyclic amines) is 1. The van der Waals surface area contributed by atoms with Crippen molar-refractivity contribution >= 4 is 17.5 Å². The molecule has 0 bridgehead atoms. The van der Waals surface area contributed by atoms with Crippen LogP contribution >= 0.6 is 11.6 Å². The minimum atomic E-state index is 0.134. The first-order valence-electron chi connectivity index (χ1n) is 7.52. The number of benzene rings is 1. The van der Waals surface area contributed by atoms with Crippen LogP contribution in [0.25, 0.3) is 0 Å². The molecule has 0 spiro atoms. The monoisotopic (exact) mass is 318 g/mol. The molecule has 1 saturated heterocycles. The summed E-state index contributed by atoms with van der Waals surface area (Å²) in [6, 6.07) is 6.02. The number of aromatic nitrogens is 3. The lowest BCUT2D eigenvalue weighted by Gasteiger charge is -2.25. The molecule has 1 aromatic heterocycles. The van der Waals surface area contributed by atoms with Gasteiger partial charge in [0.2, 0.25) is 5.91 Å². The lowest BCUT2D eigenvalue weighted by molar-refractivity contribution is -0.131. The number of amides is 1. The van der Waals surface area contributed by atoms with Crippen LogP contribution in [0.2, 0.25) is 5.02 Å². The fourth-order valence-corrected chi connectivity index (χ4v) is 3.20. The minimum Gasteiger partial charge on any atom is -0.338 e. The molecule has 3 rings (SSSR count). The molecule has 0 unspecified atom stereocenters. The van der Waals surface area contributed by atoms with Crippen molar-refractivity contribution < 1.29 is 4.79 Å². The van der Waals surface area contributed by atoms with Crippen LogP contribution in [-0.2, 0) is 17.8 Å². The van der Waals surface area contributed by atoms with E-state index in [1.54, 1.807) is 10.9 Å². The molecule has 1 atom stereocenters. The average Bonchev–Trinajstić information content (AvgIpc) is 3.16. The quantitative estimate of drug-likeness (QED) is 0.870. The van der Waals surface area contributed by atoms with E-state index in [-0.39, 0.29) is 11.9 Å². The summed E-state index contributed by atoms with van der Waals surface area (Å²) in [5.74, 6) is 0.134. The third-order valence-electron chi connectivity index (χ3n) is 4.18. The molecule has 0 radical (unpaired) electrons. The molecule has 1 aromatic carbocycles. The topological polar surface area (TPSA) is 51.0 Å². The molecule has 1 fully saturated rings. The van der Waals surface area contributed by atoms with Crippen molar-refractivity contribution in [3.8, 4) is 0 Å². The van der Waals surface area contributed by atoms with Crippen LogP contribution in [0.4, 0.5) is 0 Å². The predicted molar refractivity (Wildman–Crippen MR) is 84.7 cm³/mol. The van der Waals surface area contributed by atoms with Crippen LogP contribution in [0, 0.1) is 6.92 Å². The second-order valence-corrected chi connectivity index (χ2v) is 6.11. The summed E-state index contributed by atoms with van der Waals surface area (Å²) in [6.07, 6.45) is 5.89. The van der Waals surface area contributed by atoms with Gasteiger partial charge < -0.3 is 4.90 Å². The Morgan fingerprint density at radius 3 is 3.09 bits per heavy atom. The Morgan fingerprint density at radius 1 is 1.45 bits per heavy atom. The van der Waals surface area contributed by atoms with E-state index in [9.17, 15) is 4.79 Å². The Labute approximate surface area is 134 Å². The number of carbonyl (C=O) groups excluding carboxylic acids is 1. The molecule has 1 amide bonds. The van der Waals surface area contributed by atoms with Crippen molar-refractivity contribution in [1.82, 2.24) is 19.9 Å². The van der Waals surface area contributed by atoms with Gasteiger partial charge >= 0.3 is 0 Å². The maximum atomic E-state index is 12.6. The number of hydrogen-bond donors (Lipinski definition) is 0. The highest BCUT2D eigenvalue weighted by molar-refractivity contribution is 6.32. The van der Waals surface area contributed by atoms with Gasteiger partial charge in [-0.05, 0) is 30.9 Å². The van der Waals surface area contributed by atoms with Gasteiger partial charge in [0.25, 0.3) is 0 Å². The first-order chi connectivity index (χ1) is 10.6. The summed E-state index contributed by atoms with van der Waals surface area (Å²) in [5.41, 5.74) is 1.91. The molecule has 0 aliphatic carbocycles. The van der Waals surface area contributed by atoms with E-state index < -0.39 is 0 Å². The van der Waals surface area contributed by atoms with Gasteiger partial charge in [-0.25, -0.2) is 0 Å². The highest BCUT2D eigenvalue weighted by atomic mass is 35.5. The van der Waals surface area contributed by atoms with Crippen LogP contribution < -0.4 is 0 Å². The Kier molecular flexibility index (Phi) is 4.43. The number of hydrogen-bond acceptors (Lipinski definition) is 3. The summed E-state index contributed by atoms with van der Waals surface area (Å²) in [5, 5.41) is 8.50. The number of halogens is 1. The van der Waals surface area contributed by atoms with Gasteiger partial charge in [0.1, 0.15) is 0 Å². The normalized spacial score (nSPS) is 17.9. The summed E-state index contributed by atoms with van der Waals surface area (Å²) in [6.45, 7) is 3.47. The second-order valence-electron chi connectivity index (χ2n) is 5.73. The maximum Gasteiger partial charge on any atom is 0.227 e. The Morgan fingerprint density at radius 2 is 2.32 bits per heavy atom. The molecule has 1 aliphatic rings. The third-order valence-corrected chi connectivity index (χ3v) is 4.72. The zero-order valence-electron chi connectivity index (χ0n) is 12.6. The highest BCUT2D eigenvalue weighted by Crippen LogP contribution is 2.24. The maximum absolute atomic E-state index is 12.6. The van der Waals surface area contributed by atoms with Crippen LogP contribution in [0.3, 0.4) is 0 Å². The van der Waals surface area contributed by atoms with Gasteiger partial charge in [0.05, 0.1) is 25.2 Å². The molecular formula is C16H19ClN4O. The molecule has 6 heteroatoms. The zero-order chi connectivity index (χ0) is 15.5. The average molecular weight is 319 g/mol.